The van der Waals surface area contributed by atoms with Crippen molar-refractivity contribution in [2.75, 3.05) is 20.2 Å². The summed E-state index contributed by atoms with van der Waals surface area (Å²) >= 11 is 0. The Morgan fingerprint density at radius 3 is 2.65 bits per heavy atom. The van der Waals surface area contributed by atoms with Crippen molar-refractivity contribution in [3.05, 3.63) is 0 Å². The van der Waals surface area contributed by atoms with Gasteiger partial charge in [0, 0.05) is 19.7 Å². The molecule has 0 spiro atoms. The molecule has 4 unspecified atom stereocenters. The molecule has 0 amide bonds. The second-order valence-corrected chi connectivity index (χ2v) is 5.81. The van der Waals surface area contributed by atoms with Crippen LogP contribution in [0.1, 0.15) is 45.4 Å². The zero-order valence-electron chi connectivity index (χ0n) is 11.3. The first-order valence-corrected chi connectivity index (χ1v) is 7.17. The van der Waals surface area contributed by atoms with Crippen molar-refractivity contribution < 1.29 is 9.84 Å². The Labute approximate surface area is 105 Å². The molecule has 17 heavy (non-hydrogen) atoms. The molecule has 0 aromatic carbocycles. The number of likely N-dealkylation sites (tertiary alicyclic amines) is 1. The third kappa shape index (κ3) is 3.21. The molecule has 2 fully saturated rings. The van der Waals surface area contributed by atoms with Crippen molar-refractivity contribution in [3.63, 3.8) is 0 Å². The van der Waals surface area contributed by atoms with E-state index < -0.39 is 0 Å². The molecular formula is C14H27NO2. The van der Waals surface area contributed by atoms with Crippen molar-refractivity contribution in [3.8, 4) is 0 Å². The van der Waals surface area contributed by atoms with Crippen LogP contribution in [0.5, 0.6) is 0 Å². The fourth-order valence-corrected chi connectivity index (χ4v) is 3.36. The van der Waals surface area contributed by atoms with Crippen LogP contribution >= 0.6 is 0 Å². The van der Waals surface area contributed by atoms with E-state index in [1.165, 1.54) is 25.7 Å². The van der Waals surface area contributed by atoms with E-state index in [0.29, 0.717) is 18.1 Å². The van der Waals surface area contributed by atoms with E-state index in [1.807, 2.05) is 7.11 Å². The minimum absolute atomic E-state index is 0.122. The van der Waals surface area contributed by atoms with Crippen LogP contribution in [0, 0.1) is 5.92 Å². The molecule has 0 aromatic heterocycles. The fraction of sp³-hybridized carbons (Fsp3) is 1.00. The van der Waals surface area contributed by atoms with E-state index in [4.69, 9.17) is 4.74 Å². The predicted molar refractivity (Wildman–Crippen MR) is 69.0 cm³/mol. The van der Waals surface area contributed by atoms with Gasteiger partial charge in [0.25, 0.3) is 0 Å². The lowest BCUT2D eigenvalue weighted by Gasteiger charge is -2.42. The molecule has 2 rings (SSSR count). The lowest BCUT2D eigenvalue weighted by atomic mass is 9.92. The van der Waals surface area contributed by atoms with Gasteiger partial charge in [0.05, 0.1) is 12.2 Å². The average Bonchev–Trinajstić information content (AvgIpc) is 2.55. The summed E-state index contributed by atoms with van der Waals surface area (Å²) in [6.07, 6.45) is 7.30. The van der Waals surface area contributed by atoms with Crippen LogP contribution in [0.4, 0.5) is 0 Å². The third-order valence-corrected chi connectivity index (χ3v) is 4.64. The SMILES string of the molecule is COC1CN(C2CCCCCC2O)CCC1C. The summed E-state index contributed by atoms with van der Waals surface area (Å²) in [6.45, 7) is 4.40. The Balaban J connectivity index is 1.96. The Morgan fingerprint density at radius 1 is 1.12 bits per heavy atom. The van der Waals surface area contributed by atoms with Gasteiger partial charge < -0.3 is 9.84 Å². The average molecular weight is 241 g/mol. The van der Waals surface area contributed by atoms with Crippen molar-refractivity contribution in [1.29, 1.82) is 0 Å². The topological polar surface area (TPSA) is 32.7 Å². The van der Waals surface area contributed by atoms with Crippen LogP contribution in [0.15, 0.2) is 0 Å². The number of methoxy groups -OCH3 is 1. The molecule has 1 heterocycles. The Bertz CT molecular complexity index is 234. The fourth-order valence-electron chi connectivity index (χ4n) is 3.36. The molecule has 4 atom stereocenters. The van der Waals surface area contributed by atoms with E-state index in [9.17, 15) is 5.11 Å². The van der Waals surface area contributed by atoms with Crippen LogP contribution in [0.2, 0.25) is 0 Å². The summed E-state index contributed by atoms with van der Waals surface area (Å²) in [6, 6.07) is 0.377. The number of ether oxygens (including phenoxy) is 1. The second-order valence-electron chi connectivity index (χ2n) is 5.81. The quantitative estimate of drug-likeness (QED) is 0.751. The molecule has 3 nitrogen and oxygen atoms in total. The van der Waals surface area contributed by atoms with E-state index in [-0.39, 0.29) is 6.10 Å². The Morgan fingerprint density at radius 2 is 1.88 bits per heavy atom. The van der Waals surface area contributed by atoms with E-state index >= 15 is 0 Å². The highest BCUT2D eigenvalue weighted by molar-refractivity contribution is 4.87. The van der Waals surface area contributed by atoms with E-state index in [2.05, 4.69) is 11.8 Å². The first-order chi connectivity index (χ1) is 8.22. The zero-order chi connectivity index (χ0) is 12.3. The maximum atomic E-state index is 10.2. The van der Waals surface area contributed by atoms with Gasteiger partial charge in [-0.2, -0.15) is 0 Å². The van der Waals surface area contributed by atoms with Crippen molar-refractivity contribution >= 4 is 0 Å². The minimum Gasteiger partial charge on any atom is -0.391 e. The van der Waals surface area contributed by atoms with Gasteiger partial charge >= 0.3 is 0 Å². The van der Waals surface area contributed by atoms with Gasteiger partial charge in [0.1, 0.15) is 0 Å². The molecule has 0 aromatic rings. The first kappa shape index (κ1) is 13.3. The van der Waals surface area contributed by atoms with Crippen molar-refractivity contribution in [2.45, 2.75) is 63.7 Å². The molecular weight excluding hydrogens is 214 g/mol. The summed E-state index contributed by atoms with van der Waals surface area (Å²) in [5, 5.41) is 10.2. The zero-order valence-corrected chi connectivity index (χ0v) is 11.3. The van der Waals surface area contributed by atoms with E-state index in [0.717, 1.165) is 25.9 Å². The van der Waals surface area contributed by atoms with Crippen molar-refractivity contribution in [1.82, 2.24) is 4.90 Å². The summed E-state index contributed by atoms with van der Waals surface area (Å²) < 4.78 is 5.57. The molecule has 100 valence electrons. The Kier molecular flexibility index (Phi) is 4.83. The van der Waals surface area contributed by atoms with Crippen LogP contribution in [-0.2, 0) is 4.74 Å². The molecule has 3 heteroatoms. The molecule has 1 saturated heterocycles. The molecule has 0 bridgehead atoms. The van der Waals surface area contributed by atoms with Crippen LogP contribution in [-0.4, -0.2) is 48.5 Å². The van der Waals surface area contributed by atoms with Crippen LogP contribution in [0.25, 0.3) is 0 Å². The van der Waals surface area contributed by atoms with Gasteiger partial charge in [0.15, 0.2) is 0 Å². The highest BCUT2D eigenvalue weighted by Gasteiger charge is 2.33. The number of rotatable bonds is 2. The summed E-state index contributed by atoms with van der Waals surface area (Å²) in [4.78, 5) is 2.48. The molecule has 1 N–H and O–H groups in total. The lowest BCUT2D eigenvalue weighted by molar-refractivity contribution is -0.0446. The summed E-state index contributed by atoms with van der Waals surface area (Å²) in [5.74, 6) is 0.652. The first-order valence-electron chi connectivity index (χ1n) is 7.17. The van der Waals surface area contributed by atoms with Crippen LogP contribution in [0.3, 0.4) is 0 Å². The van der Waals surface area contributed by atoms with E-state index in [1.54, 1.807) is 0 Å². The lowest BCUT2D eigenvalue weighted by Crippen LogP contribution is -2.52. The third-order valence-electron chi connectivity index (χ3n) is 4.64. The van der Waals surface area contributed by atoms with Crippen molar-refractivity contribution in [2.24, 2.45) is 5.92 Å². The summed E-state index contributed by atoms with van der Waals surface area (Å²) in [7, 11) is 1.81. The molecule has 1 aliphatic heterocycles. The Hall–Kier alpha value is -0.120. The maximum absolute atomic E-state index is 10.2. The van der Waals surface area contributed by atoms with Crippen LogP contribution < -0.4 is 0 Å². The van der Waals surface area contributed by atoms with Gasteiger partial charge in [-0.3, -0.25) is 4.90 Å². The predicted octanol–water partition coefficient (Wildman–Crippen LogP) is 2.04. The molecule has 0 radical (unpaired) electrons. The number of piperidine rings is 1. The van der Waals surface area contributed by atoms with Gasteiger partial charge in [-0.1, -0.05) is 26.2 Å². The highest BCUT2D eigenvalue weighted by atomic mass is 16.5. The highest BCUT2D eigenvalue weighted by Crippen LogP contribution is 2.27. The number of hydrogen-bond donors (Lipinski definition) is 1. The molecule has 1 saturated carbocycles. The second kappa shape index (κ2) is 6.17. The number of aliphatic hydroxyl groups excluding tert-OH is 1. The summed E-state index contributed by atoms with van der Waals surface area (Å²) in [5.41, 5.74) is 0. The van der Waals surface area contributed by atoms with Gasteiger partial charge in [-0.25, -0.2) is 0 Å². The monoisotopic (exact) mass is 241 g/mol. The number of aliphatic hydroxyl groups is 1. The minimum atomic E-state index is -0.122. The van der Waals surface area contributed by atoms with Gasteiger partial charge in [-0.05, 0) is 31.7 Å². The standard InChI is InChI=1S/C14H27NO2/c1-11-8-9-15(10-14(11)17-2)12-6-4-3-5-7-13(12)16/h11-14,16H,3-10H2,1-2H3. The molecule has 1 aliphatic carbocycles. The maximum Gasteiger partial charge on any atom is 0.0724 e. The van der Waals surface area contributed by atoms with Gasteiger partial charge in [-0.15, -0.1) is 0 Å². The van der Waals surface area contributed by atoms with Gasteiger partial charge in [0.2, 0.25) is 0 Å². The largest absolute Gasteiger partial charge is 0.391 e. The normalized spacial score (nSPS) is 41.1. The number of nitrogens with zero attached hydrogens (tertiary/aromatic N) is 1. The smallest absolute Gasteiger partial charge is 0.0724 e. The molecule has 2 aliphatic rings. The number of hydrogen-bond acceptors (Lipinski definition) is 3.